The number of hydrogen-bond acceptors (Lipinski definition) is 5. The minimum absolute atomic E-state index is 0.300. The third-order valence-electron chi connectivity index (χ3n) is 4.95. The molecule has 2 aromatic heterocycles. The fraction of sp³-hybridized carbons (Fsp3) is 0.500. The van der Waals surface area contributed by atoms with Crippen LogP contribution < -0.4 is 4.90 Å². The van der Waals surface area contributed by atoms with Gasteiger partial charge in [0.15, 0.2) is 5.88 Å². The molecule has 0 amide bonds. The molecule has 0 saturated heterocycles. The second-order valence-electron chi connectivity index (χ2n) is 7.93. The predicted octanol–water partition coefficient (Wildman–Crippen LogP) is 5.18. The Morgan fingerprint density at radius 2 is 2.12 bits per heavy atom. The summed E-state index contributed by atoms with van der Waals surface area (Å²) >= 11 is 1.67. The Morgan fingerprint density at radius 3 is 2.72 bits per heavy atom. The molecule has 132 valence electrons. The van der Waals surface area contributed by atoms with Crippen molar-refractivity contribution in [2.75, 3.05) is 19.0 Å². The van der Waals surface area contributed by atoms with Gasteiger partial charge in [0.05, 0.1) is 11.8 Å². The molecule has 0 N–H and O–H groups in total. The lowest BCUT2D eigenvalue weighted by molar-refractivity contribution is 0.218. The van der Waals surface area contributed by atoms with Crippen molar-refractivity contribution in [3.8, 4) is 6.07 Å². The van der Waals surface area contributed by atoms with Crippen molar-refractivity contribution in [1.82, 2.24) is 0 Å². The van der Waals surface area contributed by atoms with Gasteiger partial charge in [-0.25, -0.2) is 4.99 Å². The van der Waals surface area contributed by atoms with Gasteiger partial charge in [-0.3, -0.25) is 0 Å². The van der Waals surface area contributed by atoms with Gasteiger partial charge in [0, 0.05) is 25.0 Å². The fourth-order valence-electron chi connectivity index (χ4n) is 3.29. The highest BCUT2D eigenvalue weighted by Gasteiger charge is 2.32. The summed E-state index contributed by atoms with van der Waals surface area (Å²) in [6.45, 7) is 6.92. The molecule has 0 spiro atoms. The Balaban J connectivity index is 1.87. The van der Waals surface area contributed by atoms with Crippen LogP contribution in [0, 0.1) is 22.7 Å². The monoisotopic (exact) mass is 355 g/mol. The first kappa shape index (κ1) is 17.8. The highest BCUT2D eigenvalue weighted by Crippen LogP contribution is 2.44. The number of anilines is 1. The summed E-state index contributed by atoms with van der Waals surface area (Å²) in [6, 6.07) is 6.19. The maximum absolute atomic E-state index is 9.62. The Bertz CT molecular complexity index is 830. The number of furan rings is 1. The number of hydrogen-bond donors (Lipinski definition) is 0. The molecule has 0 radical (unpaired) electrons. The zero-order chi connectivity index (χ0) is 18.2. The van der Waals surface area contributed by atoms with E-state index in [9.17, 15) is 5.26 Å². The van der Waals surface area contributed by atoms with Crippen LogP contribution in [-0.4, -0.2) is 20.3 Å². The summed E-state index contributed by atoms with van der Waals surface area (Å²) in [4.78, 5) is 7.82. The smallest absolute Gasteiger partial charge is 0.195 e. The summed E-state index contributed by atoms with van der Waals surface area (Å²) < 4.78 is 5.70. The number of fused-ring (bicyclic) bond motifs is 1. The zero-order valence-electron chi connectivity index (χ0n) is 15.6. The van der Waals surface area contributed by atoms with E-state index in [1.165, 1.54) is 10.4 Å². The molecule has 2 aromatic rings. The first-order valence-electron chi connectivity index (χ1n) is 8.65. The lowest BCUT2D eigenvalue weighted by atomic mass is 9.72. The quantitative estimate of drug-likeness (QED) is 0.713. The molecule has 2 heterocycles. The van der Waals surface area contributed by atoms with Gasteiger partial charge >= 0.3 is 0 Å². The molecular formula is C20H25N3OS. The molecule has 0 fully saturated rings. The van der Waals surface area contributed by atoms with Crippen molar-refractivity contribution in [2.24, 2.45) is 16.3 Å². The van der Waals surface area contributed by atoms with Gasteiger partial charge < -0.3 is 9.32 Å². The van der Waals surface area contributed by atoms with Crippen LogP contribution in [-0.2, 0) is 12.8 Å². The van der Waals surface area contributed by atoms with Crippen molar-refractivity contribution < 1.29 is 4.42 Å². The molecule has 1 unspecified atom stereocenters. The minimum Gasteiger partial charge on any atom is -0.440 e. The lowest BCUT2D eigenvalue weighted by Gasteiger charge is -2.33. The van der Waals surface area contributed by atoms with Gasteiger partial charge in [0.1, 0.15) is 16.8 Å². The van der Waals surface area contributed by atoms with Crippen LogP contribution >= 0.6 is 11.3 Å². The van der Waals surface area contributed by atoms with E-state index in [4.69, 9.17) is 4.42 Å². The van der Waals surface area contributed by atoms with E-state index in [2.05, 4.69) is 31.8 Å². The number of thiophene rings is 1. The van der Waals surface area contributed by atoms with Crippen LogP contribution in [0.3, 0.4) is 0 Å². The van der Waals surface area contributed by atoms with Crippen LogP contribution in [0.1, 0.15) is 49.0 Å². The molecule has 1 aliphatic carbocycles. The van der Waals surface area contributed by atoms with Crippen LogP contribution in [0.5, 0.6) is 0 Å². The number of rotatable bonds is 3. The second-order valence-corrected chi connectivity index (χ2v) is 9.01. The average Bonchev–Trinajstić information content (AvgIpc) is 3.15. The van der Waals surface area contributed by atoms with Gasteiger partial charge in [-0.05, 0) is 42.2 Å². The predicted molar refractivity (Wildman–Crippen MR) is 104 cm³/mol. The van der Waals surface area contributed by atoms with Crippen molar-refractivity contribution in [1.29, 1.82) is 5.26 Å². The Hall–Kier alpha value is -2.06. The summed E-state index contributed by atoms with van der Waals surface area (Å²) in [5, 5.41) is 10.4. The highest BCUT2D eigenvalue weighted by molar-refractivity contribution is 7.16. The van der Waals surface area contributed by atoms with Crippen LogP contribution in [0.4, 0.5) is 10.9 Å². The molecule has 0 aliphatic heterocycles. The minimum atomic E-state index is 0.300. The van der Waals surface area contributed by atoms with E-state index in [1.54, 1.807) is 17.6 Å². The number of nitriles is 1. The highest BCUT2D eigenvalue weighted by atomic mass is 32.1. The number of nitrogens with zero attached hydrogens (tertiary/aromatic N) is 3. The summed E-state index contributed by atoms with van der Waals surface area (Å²) in [7, 11) is 3.87. The van der Waals surface area contributed by atoms with Crippen LogP contribution in [0.25, 0.3) is 0 Å². The largest absolute Gasteiger partial charge is 0.440 e. The zero-order valence-corrected chi connectivity index (χ0v) is 16.4. The van der Waals surface area contributed by atoms with Crippen molar-refractivity contribution in [3.63, 3.8) is 0 Å². The maximum Gasteiger partial charge on any atom is 0.195 e. The van der Waals surface area contributed by atoms with Gasteiger partial charge in [-0.15, -0.1) is 11.3 Å². The van der Waals surface area contributed by atoms with Crippen molar-refractivity contribution in [3.05, 3.63) is 33.9 Å². The van der Waals surface area contributed by atoms with Crippen LogP contribution in [0.15, 0.2) is 21.5 Å². The molecule has 4 nitrogen and oxygen atoms in total. The fourth-order valence-corrected chi connectivity index (χ4v) is 4.51. The van der Waals surface area contributed by atoms with E-state index in [0.717, 1.165) is 35.7 Å². The summed E-state index contributed by atoms with van der Waals surface area (Å²) in [5.41, 5.74) is 2.27. The average molecular weight is 356 g/mol. The van der Waals surface area contributed by atoms with Crippen LogP contribution in [0.2, 0.25) is 0 Å². The Labute approximate surface area is 153 Å². The molecule has 0 bridgehead atoms. The molecular weight excluding hydrogens is 330 g/mol. The Morgan fingerprint density at radius 1 is 1.36 bits per heavy atom. The lowest BCUT2D eigenvalue weighted by Crippen LogP contribution is -2.26. The first-order valence-corrected chi connectivity index (χ1v) is 9.47. The molecule has 0 saturated carbocycles. The summed E-state index contributed by atoms with van der Waals surface area (Å²) in [6.07, 6.45) is 4.90. The van der Waals surface area contributed by atoms with E-state index < -0.39 is 0 Å². The molecule has 3 rings (SSSR count). The SMILES string of the molecule is CN(C)c1ccc(/C=N/c2sc3c(c2C#N)CCC(C(C)(C)C)C3)o1. The molecule has 25 heavy (non-hydrogen) atoms. The summed E-state index contributed by atoms with van der Waals surface area (Å²) in [5.74, 6) is 2.15. The van der Waals surface area contributed by atoms with E-state index >= 15 is 0 Å². The van der Waals surface area contributed by atoms with E-state index in [-0.39, 0.29) is 0 Å². The molecule has 1 aliphatic rings. The van der Waals surface area contributed by atoms with Gasteiger partial charge in [0.25, 0.3) is 0 Å². The molecule has 0 aromatic carbocycles. The van der Waals surface area contributed by atoms with Crippen molar-refractivity contribution >= 4 is 28.4 Å². The molecule has 5 heteroatoms. The first-order chi connectivity index (χ1) is 11.8. The van der Waals surface area contributed by atoms with E-state index in [0.29, 0.717) is 17.1 Å². The second kappa shape index (κ2) is 6.68. The third kappa shape index (κ3) is 3.64. The van der Waals surface area contributed by atoms with E-state index in [1.807, 2.05) is 31.1 Å². The van der Waals surface area contributed by atoms with Crippen molar-refractivity contribution in [2.45, 2.75) is 40.0 Å². The molecule has 1 atom stereocenters. The van der Waals surface area contributed by atoms with Gasteiger partial charge in [0.2, 0.25) is 0 Å². The topological polar surface area (TPSA) is 52.5 Å². The third-order valence-corrected chi connectivity index (χ3v) is 6.11. The normalized spacial score (nSPS) is 17.5. The number of aliphatic imine (C=N–C) groups is 1. The van der Waals surface area contributed by atoms with Gasteiger partial charge in [-0.1, -0.05) is 20.8 Å². The Kier molecular flexibility index (Phi) is 4.75. The standard InChI is InChI=1S/C20H25N3OS/c1-20(2,3)13-6-8-15-16(11-21)19(25-17(15)10-13)22-12-14-7-9-18(24-14)23(4)5/h7,9,12-13H,6,8,10H2,1-5H3/b22-12+. The van der Waals surface area contributed by atoms with Gasteiger partial charge in [-0.2, -0.15) is 5.26 Å². The maximum atomic E-state index is 9.62.